The Morgan fingerprint density at radius 3 is 2.60 bits per heavy atom. The summed E-state index contributed by atoms with van der Waals surface area (Å²) in [6.45, 7) is 3.88. The Morgan fingerprint density at radius 1 is 1.45 bits per heavy atom. The maximum atomic E-state index is 12.1. The first-order valence-corrected chi connectivity index (χ1v) is 7.88. The van der Waals surface area contributed by atoms with Crippen molar-refractivity contribution in [3.63, 3.8) is 0 Å². The van der Waals surface area contributed by atoms with E-state index < -0.39 is 4.92 Å². The molecule has 6 heteroatoms. The lowest BCUT2D eigenvalue weighted by molar-refractivity contribution is -0.385. The van der Waals surface area contributed by atoms with Gasteiger partial charge in [-0.2, -0.15) is 0 Å². The van der Waals surface area contributed by atoms with Crippen LogP contribution in [0, 0.1) is 23.0 Å². The molecular weight excluding hydrogens is 276 g/mol. The predicted octanol–water partition coefficient (Wildman–Crippen LogP) is 3.66. The molecular formula is C14H20N2O3S. The van der Waals surface area contributed by atoms with Crippen molar-refractivity contribution < 1.29 is 9.72 Å². The number of carbonyl (C=O) groups excluding carboxylic acids is 1. The van der Waals surface area contributed by atoms with E-state index in [1.54, 1.807) is 6.92 Å². The third kappa shape index (κ3) is 3.36. The molecule has 1 heterocycles. The maximum absolute atomic E-state index is 12.1. The van der Waals surface area contributed by atoms with Crippen molar-refractivity contribution in [1.82, 2.24) is 5.32 Å². The Morgan fingerprint density at radius 2 is 2.10 bits per heavy atom. The fourth-order valence-electron chi connectivity index (χ4n) is 2.74. The highest BCUT2D eigenvalue weighted by Gasteiger charge is 2.24. The summed E-state index contributed by atoms with van der Waals surface area (Å²) < 4.78 is 0. The molecule has 5 nitrogen and oxygen atoms in total. The third-order valence-electron chi connectivity index (χ3n) is 4.07. The Kier molecular flexibility index (Phi) is 4.75. The van der Waals surface area contributed by atoms with E-state index in [0.717, 1.165) is 31.6 Å². The Balaban J connectivity index is 1.95. The van der Waals surface area contributed by atoms with Crippen LogP contribution in [0.5, 0.6) is 0 Å². The van der Waals surface area contributed by atoms with Crippen LogP contribution in [0.2, 0.25) is 0 Å². The van der Waals surface area contributed by atoms with Gasteiger partial charge >= 0.3 is 0 Å². The van der Waals surface area contributed by atoms with Gasteiger partial charge in [0.05, 0.1) is 14.7 Å². The van der Waals surface area contributed by atoms with E-state index >= 15 is 0 Å². The number of carbonyl (C=O) groups is 1. The van der Waals surface area contributed by atoms with Gasteiger partial charge in [-0.25, -0.2) is 0 Å². The van der Waals surface area contributed by atoms with Crippen LogP contribution in [-0.2, 0) is 0 Å². The van der Waals surface area contributed by atoms with Crippen molar-refractivity contribution in [3.8, 4) is 0 Å². The van der Waals surface area contributed by atoms with Gasteiger partial charge in [-0.3, -0.25) is 14.9 Å². The molecule has 0 unspecified atom stereocenters. The van der Waals surface area contributed by atoms with Crippen LogP contribution < -0.4 is 5.32 Å². The lowest BCUT2D eigenvalue weighted by atomic mass is 9.84. The normalized spacial score (nSPS) is 22.5. The zero-order chi connectivity index (χ0) is 14.7. The molecule has 1 N–H and O–H groups in total. The molecule has 0 aliphatic heterocycles. The molecule has 1 aromatic heterocycles. The Hall–Kier alpha value is -1.43. The average molecular weight is 296 g/mol. The average Bonchev–Trinajstić information content (AvgIpc) is 2.82. The largest absolute Gasteiger partial charge is 0.349 e. The third-order valence-corrected chi connectivity index (χ3v) is 5.11. The molecule has 1 saturated carbocycles. The van der Waals surface area contributed by atoms with Gasteiger partial charge in [-0.1, -0.05) is 13.3 Å². The molecule has 20 heavy (non-hydrogen) atoms. The number of amides is 1. The number of thiophene rings is 1. The van der Waals surface area contributed by atoms with Crippen LogP contribution in [-0.4, -0.2) is 16.9 Å². The quantitative estimate of drug-likeness (QED) is 0.680. The number of nitro groups is 1. The molecule has 2 rings (SSSR count). The standard InChI is InChI=1S/C14H20N2O3S/c1-3-10-4-6-11(7-5-10)15-14(17)13-8-12(16(18)19)9(2)20-13/h8,10-11H,3-7H2,1-2H3,(H,15,17). The minimum atomic E-state index is -0.435. The molecule has 1 amide bonds. The number of rotatable bonds is 4. The van der Waals surface area contributed by atoms with Gasteiger partial charge in [0.1, 0.15) is 0 Å². The summed E-state index contributed by atoms with van der Waals surface area (Å²) in [5.41, 5.74) is 0.0369. The van der Waals surface area contributed by atoms with E-state index in [0.29, 0.717) is 9.75 Å². The highest BCUT2D eigenvalue weighted by molar-refractivity contribution is 7.14. The van der Waals surface area contributed by atoms with Crippen molar-refractivity contribution in [2.24, 2.45) is 5.92 Å². The van der Waals surface area contributed by atoms with Crippen LogP contribution >= 0.6 is 11.3 Å². The smallest absolute Gasteiger partial charge is 0.283 e. The second-order valence-electron chi connectivity index (χ2n) is 5.41. The second-order valence-corrected chi connectivity index (χ2v) is 6.66. The number of nitrogens with zero attached hydrogens (tertiary/aromatic N) is 1. The topological polar surface area (TPSA) is 72.2 Å². The van der Waals surface area contributed by atoms with Crippen molar-refractivity contribution in [2.75, 3.05) is 0 Å². The monoisotopic (exact) mass is 296 g/mol. The number of hydrogen-bond acceptors (Lipinski definition) is 4. The van der Waals surface area contributed by atoms with Crippen LogP contribution in [0.15, 0.2) is 6.07 Å². The minimum Gasteiger partial charge on any atom is -0.349 e. The van der Waals surface area contributed by atoms with Crippen molar-refractivity contribution >= 4 is 22.9 Å². The summed E-state index contributed by atoms with van der Waals surface area (Å²) in [6, 6.07) is 1.60. The lowest BCUT2D eigenvalue weighted by Crippen LogP contribution is -2.37. The van der Waals surface area contributed by atoms with E-state index in [-0.39, 0.29) is 17.6 Å². The maximum Gasteiger partial charge on any atom is 0.283 e. The summed E-state index contributed by atoms with van der Waals surface area (Å²) in [7, 11) is 0. The molecule has 1 aliphatic rings. The molecule has 0 aromatic carbocycles. The lowest BCUT2D eigenvalue weighted by Gasteiger charge is -2.28. The molecule has 1 aliphatic carbocycles. The van der Waals surface area contributed by atoms with Crippen molar-refractivity contribution in [2.45, 2.75) is 52.0 Å². The Labute approximate surface area is 122 Å². The molecule has 0 saturated heterocycles. The summed E-state index contributed by atoms with van der Waals surface area (Å²) in [5.74, 6) is 0.611. The molecule has 0 bridgehead atoms. The van der Waals surface area contributed by atoms with E-state index in [9.17, 15) is 14.9 Å². The first-order valence-electron chi connectivity index (χ1n) is 7.07. The van der Waals surface area contributed by atoms with Crippen LogP contribution in [0.1, 0.15) is 53.6 Å². The zero-order valence-electron chi connectivity index (χ0n) is 11.8. The Bertz CT molecular complexity index is 505. The van der Waals surface area contributed by atoms with Crippen LogP contribution in [0.3, 0.4) is 0 Å². The van der Waals surface area contributed by atoms with E-state index in [1.807, 2.05) is 0 Å². The number of aryl methyl sites for hydroxylation is 1. The molecule has 110 valence electrons. The second kappa shape index (κ2) is 6.35. The van der Waals surface area contributed by atoms with E-state index in [1.165, 1.54) is 23.8 Å². The minimum absolute atomic E-state index is 0.0369. The fourth-order valence-corrected chi connectivity index (χ4v) is 3.63. The SMILES string of the molecule is CCC1CCC(NC(=O)c2cc([N+](=O)[O-])c(C)s2)CC1. The summed E-state index contributed by atoms with van der Waals surface area (Å²) in [4.78, 5) is 23.5. The fraction of sp³-hybridized carbons (Fsp3) is 0.643. The highest BCUT2D eigenvalue weighted by atomic mass is 32.1. The molecule has 0 atom stereocenters. The van der Waals surface area contributed by atoms with Gasteiger partial charge in [-0.15, -0.1) is 11.3 Å². The van der Waals surface area contributed by atoms with Gasteiger partial charge in [0.25, 0.3) is 11.6 Å². The van der Waals surface area contributed by atoms with Crippen LogP contribution in [0.4, 0.5) is 5.69 Å². The van der Waals surface area contributed by atoms with Gasteiger partial charge < -0.3 is 5.32 Å². The summed E-state index contributed by atoms with van der Waals surface area (Å²) in [6.07, 6.45) is 5.54. The van der Waals surface area contributed by atoms with E-state index in [4.69, 9.17) is 0 Å². The molecule has 1 fully saturated rings. The van der Waals surface area contributed by atoms with Gasteiger partial charge in [0, 0.05) is 12.1 Å². The molecule has 0 spiro atoms. The van der Waals surface area contributed by atoms with Crippen molar-refractivity contribution in [1.29, 1.82) is 0 Å². The van der Waals surface area contributed by atoms with Gasteiger partial charge in [0.15, 0.2) is 0 Å². The van der Waals surface area contributed by atoms with E-state index in [2.05, 4.69) is 12.2 Å². The van der Waals surface area contributed by atoms with Crippen LogP contribution in [0.25, 0.3) is 0 Å². The zero-order valence-corrected chi connectivity index (χ0v) is 12.7. The number of hydrogen-bond donors (Lipinski definition) is 1. The molecule has 1 aromatic rings. The first kappa shape index (κ1) is 15.0. The predicted molar refractivity (Wildman–Crippen MR) is 79.2 cm³/mol. The van der Waals surface area contributed by atoms with Gasteiger partial charge in [-0.05, 0) is 38.5 Å². The number of nitrogens with one attached hydrogen (secondary N) is 1. The van der Waals surface area contributed by atoms with Gasteiger partial charge in [0.2, 0.25) is 0 Å². The first-order chi connectivity index (χ1) is 9.51. The highest BCUT2D eigenvalue weighted by Crippen LogP contribution is 2.29. The summed E-state index contributed by atoms with van der Waals surface area (Å²) in [5, 5.41) is 13.8. The summed E-state index contributed by atoms with van der Waals surface area (Å²) >= 11 is 1.19. The van der Waals surface area contributed by atoms with Crippen molar-refractivity contribution in [3.05, 3.63) is 25.9 Å². The molecule has 0 radical (unpaired) electrons.